The van der Waals surface area contributed by atoms with E-state index < -0.39 is 30.8 Å². The Labute approximate surface area is 86.0 Å². The Kier molecular flexibility index (Phi) is 5.02. The first-order valence-corrected chi connectivity index (χ1v) is 4.30. The average molecular weight is 228 g/mol. The lowest BCUT2D eigenvalue weighted by Gasteiger charge is -2.18. The molecule has 0 rings (SSSR count). The van der Waals surface area contributed by atoms with Gasteiger partial charge >= 0.3 is 6.18 Å². The molecule has 0 unspecified atom stereocenters. The molecule has 0 saturated carbocycles. The van der Waals surface area contributed by atoms with E-state index in [0.29, 0.717) is 0 Å². The Morgan fingerprint density at radius 2 is 1.93 bits per heavy atom. The summed E-state index contributed by atoms with van der Waals surface area (Å²) in [4.78, 5) is 10.8. The number of halogens is 3. The van der Waals surface area contributed by atoms with Crippen LogP contribution in [0.3, 0.4) is 0 Å². The fraction of sp³-hybridized carbons (Fsp3) is 0.875. The zero-order valence-electron chi connectivity index (χ0n) is 8.65. The van der Waals surface area contributed by atoms with Crippen molar-refractivity contribution >= 4 is 5.91 Å². The van der Waals surface area contributed by atoms with E-state index in [1.54, 1.807) is 19.2 Å². The number of hydrogen-bond acceptors (Lipinski definition) is 3. The Balaban J connectivity index is 3.60. The van der Waals surface area contributed by atoms with Gasteiger partial charge in [-0.2, -0.15) is 13.2 Å². The SMILES string of the molecule is CC(C)(N)COCC(=O)NCC(F)(F)F. The molecule has 0 aliphatic carbocycles. The first-order valence-electron chi connectivity index (χ1n) is 4.30. The van der Waals surface area contributed by atoms with E-state index in [0.717, 1.165) is 0 Å². The highest BCUT2D eigenvalue weighted by Gasteiger charge is 2.27. The molecule has 0 atom stereocenters. The number of carbonyl (C=O) groups excluding carboxylic acids is 1. The molecule has 3 N–H and O–H groups in total. The van der Waals surface area contributed by atoms with E-state index in [4.69, 9.17) is 10.5 Å². The highest BCUT2D eigenvalue weighted by atomic mass is 19.4. The molecular formula is C8H15F3N2O2. The van der Waals surface area contributed by atoms with Gasteiger partial charge in [0.15, 0.2) is 0 Å². The summed E-state index contributed by atoms with van der Waals surface area (Å²) < 4.78 is 39.8. The number of ether oxygens (including phenoxy) is 1. The molecule has 0 radical (unpaired) electrons. The van der Waals surface area contributed by atoms with Crippen molar-refractivity contribution in [1.29, 1.82) is 0 Å². The molecule has 0 aliphatic heterocycles. The molecule has 0 bridgehead atoms. The van der Waals surface area contributed by atoms with Crippen molar-refractivity contribution in [3.05, 3.63) is 0 Å². The average Bonchev–Trinajstić information content (AvgIpc) is 1.97. The van der Waals surface area contributed by atoms with Crippen LogP contribution in [-0.2, 0) is 9.53 Å². The van der Waals surface area contributed by atoms with Crippen molar-refractivity contribution in [3.63, 3.8) is 0 Å². The van der Waals surface area contributed by atoms with Crippen LogP contribution in [0.15, 0.2) is 0 Å². The predicted molar refractivity (Wildman–Crippen MR) is 48.2 cm³/mol. The van der Waals surface area contributed by atoms with Gasteiger partial charge in [0, 0.05) is 5.54 Å². The molecule has 0 aromatic heterocycles. The molecule has 90 valence electrons. The molecule has 0 aromatic carbocycles. The van der Waals surface area contributed by atoms with Crippen molar-refractivity contribution in [3.8, 4) is 0 Å². The van der Waals surface area contributed by atoms with Crippen LogP contribution in [0, 0.1) is 0 Å². The third kappa shape index (κ3) is 11.1. The van der Waals surface area contributed by atoms with Crippen LogP contribution in [0.25, 0.3) is 0 Å². The fourth-order valence-electron chi connectivity index (χ4n) is 0.657. The van der Waals surface area contributed by atoms with Crippen molar-refractivity contribution in [2.75, 3.05) is 19.8 Å². The second-order valence-corrected chi connectivity index (χ2v) is 3.87. The van der Waals surface area contributed by atoms with Crippen LogP contribution >= 0.6 is 0 Å². The van der Waals surface area contributed by atoms with E-state index in [1.807, 2.05) is 0 Å². The molecule has 0 heterocycles. The quantitative estimate of drug-likeness (QED) is 0.716. The zero-order valence-corrected chi connectivity index (χ0v) is 8.65. The van der Waals surface area contributed by atoms with Crippen molar-refractivity contribution in [2.45, 2.75) is 25.6 Å². The summed E-state index contributed by atoms with van der Waals surface area (Å²) >= 11 is 0. The number of alkyl halides is 3. The first-order chi connectivity index (χ1) is 6.60. The van der Waals surface area contributed by atoms with Crippen LogP contribution in [0.4, 0.5) is 13.2 Å². The summed E-state index contributed by atoms with van der Waals surface area (Å²) in [5, 5.41) is 1.68. The maximum Gasteiger partial charge on any atom is 0.405 e. The highest BCUT2D eigenvalue weighted by molar-refractivity contribution is 5.77. The number of nitrogens with two attached hydrogens (primary N) is 1. The topological polar surface area (TPSA) is 64.3 Å². The zero-order chi connectivity index (χ0) is 12.1. The van der Waals surface area contributed by atoms with Gasteiger partial charge in [-0.3, -0.25) is 4.79 Å². The van der Waals surface area contributed by atoms with Gasteiger partial charge in [0.25, 0.3) is 0 Å². The number of hydrogen-bond donors (Lipinski definition) is 2. The standard InChI is InChI=1S/C8H15F3N2O2/c1-7(2,12)5-15-3-6(14)13-4-8(9,10)11/h3-5,12H2,1-2H3,(H,13,14). The minimum Gasteiger partial charge on any atom is -0.370 e. The smallest absolute Gasteiger partial charge is 0.370 e. The van der Waals surface area contributed by atoms with E-state index in [9.17, 15) is 18.0 Å². The molecular weight excluding hydrogens is 213 g/mol. The summed E-state index contributed by atoms with van der Waals surface area (Å²) in [6, 6.07) is 0. The lowest BCUT2D eigenvalue weighted by atomic mass is 10.1. The van der Waals surface area contributed by atoms with E-state index in [2.05, 4.69) is 0 Å². The molecule has 0 saturated heterocycles. The molecule has 7 heteroatoms. The monoisotopic (exact) mass is 228 g/mol. The van der Waals surface area contributed by atoms with Gasteiger partial charge in [-0.05, 0) is 13.8 Å². The molecule has 0 aromatic rings. The fourth-order valence-corrected chi connectivity index (χ4v) is 0.657. The second-order valence-electron chi connectivity index (χ2n) is 3.87. The molecule has 1 amide bonds. The van der Waals surface area contributed by atoms with Gasteiger partial charge in [0.2, 0.25) is 5.91 Å². The lowest BCUT2D eigenvalue weighted by Crippen LogP contribution is -2.40. The summed E-state index contributed by atoms with van der Waals surface area (Å²) in [7, 11) is 0. The summed E-state index contributed by atoms with van der Waals surface area (Å²) in [5.41, 5.74) is 4.92. The number of rotatable bonds is 5. The third-order valence-corrected chi connectivity index (χ3v) is 1.19. The van der Waals surface area contributed by atoms with Gasteiger partial charge in [-0.1, -0.05) is 0 Å². The summed E-state index contributed by atoms with van der Waals surface area (Å²) in [5.74, 6) is -0.809. The summed E-state index contributed by atoms with van der Waals surface area (Å²) in [6.07, 6.45) is -4.40. The van der Waals surface area contributed by atoms with E-state index in [1.165, 1.54) is 0 Å². The Bertz CT molecular complexity index is 211. The van der Waals surface area contributed by atoms with Crippen LogP contribution < -0.4 is 11.1 Å². The van der Waals surface area contributed by atoms with Crippen molar-refractivity contribution in [2.24, 2.45) is 5.73 Å². The Morgan fingerprint density at radius 3 is 2.33 bits per heavy atom. The normalized spacial score (nSPS) is 12.7. The van der Waals surface area contributed by atoms with Crippen molar-refractivity contribution < 1.29 is 22.7 Å². The van der Waals surface area contributed by atoms with Gasteiger partial charge in [0.1, 0.15) is 13.2 Å². The maximum absolute atomic E-state index is 11.7. The summed E-state index contributed by atoms with van der Waals surface area (Å²) in [6.45, 7) is 1.70. The van der Waals surface area contributed by atoms with E-state index >= 15 is 0 Å². The van der Waals surface area contributed by atoms with Crippen LogP contribution in [0.5, 0.6) is 0 Å². The number of nitrogens with one attached hydrogen (secondary N) is 1. The van der Waals surface area contributed by atoms with Gasteiger partial charge in [0.05, 0.1) is 6.61 Å². The number of amides is 1. The largest absolute Gasteiger partial charge is 0.405 e. The van der Waals surface area contributed by atoms with Gasteiger partial charge in [-0.25, -0.2) is 0 Å². The second kappa shape index (κ2) is 5.32. The highest BCUT2D eigenvalue weighted by Crippen LogP contribution is 2.11. The van der Waals surface area contributed by atoms with Gasteiger partial charge in [-0.15, -0.1) is 0 Å². The minimum atomic E-state index is -4.40. The van der Waals surface area contributed by atoms with Crippen LogP contribution in [0.1, 0.15) is 13.8 Å². The molecule has 15 heavy (non-hydrogen) atoms. The molecule has 0 fully saturated rings. The number of carbonyl (C=O) groups is 1. The minimum absolute atomic E-state index is 0.104. The maximum atomic E-state index is 11.7. The molecule has 0 spiro atoms. The van der Waals surface area contributed by atoms with Crippen molar-refractivity contribution in [1.82, 2.24) is 5.32 Å². The molecule has 4 nitrogen and oxygen atoms in total. The van der Waals surface area contributed by atoms with Gasteiger partial charge < -0.3 is 15.8 Å². The Morgan fingerprint density at radius 1 is 1.40 bits per heavy atom. The van der Waals surface area contributed by atoms with Crippen LogP contribution in [-0.4, -0.2) is 37.4 Å². The Hall–Kier alpha value is -0.820. The lowest BCUT2D eigenvalue weighted by molar-refractivity contribution is -0.141. The molecule has 0 aliphatic rings. The predicted octanol–water partition coefficient (Wildman–Crippen LogP) is 0.419. The van der Waals surface area contributed by atoms with Crippen LogP contribution in [0.2, 0.25) is 0 Å². The third-order valence-electron chi connectivity index (χ3n) is 1.19. The van der Waals surface area contributed by atoms with E-state index in [-0.39, 0.29) is 6.61 Å². The first kappa shape index (κ1) is 14.2.